The van der Waals surface area contributed by atoms with Gasteiger partial charge in [0.2, 0.25) is 5.91 Å². The van der Waals surface area contributed by atoms with Gasteiger partial charge in [0.25, 0.3) is 0 Å². The van der Waals surface area contributed by atoms with Crippen molar-refractivity contribution < 1.29 is 9.53 Å². The first-order chi connectivity index (χ1) is 13.2. The van der Waals surface area contributed by atoms with Crippen LogP contribution in [-0.2, 0) is 11.3 Å². The zero-order chi connectivity index (χ0) is 18.9. The van der Waals surface area contributed by atoms with Crippen LogP contribution >= 0.6 is 15.9 Å². The van der Waals surface area contributed by atoms with Crippen molar-refractivity contribution in [2.24, 2.45) is 0 Å². The Morgan fingerprint density at radius 2 is 1.96 bits per heavy atom. The average molecular weight is 432 g/mol. The van der Waals surface area contributed by atoms with Crippen LogP contribution in [0.5, 0.6) is 5.75 Å². The van der Waals surface area contributed by atoms with Crippen LogP contribution in [0.3, 0.4) is 0 Å². The van der Waals surface area contributed by atoms with Crippen LogP contribution in [0, 0.1) is 0 Å². The van der Waals surface area contributed by atoms with Crippen LogP contribution in [-0.4, -0.2) is 30.6 Å². The van der Waals surface area contributed by atoms with Crippen LogP contribution in [0.15, 0.2) is 47.1 Å². The standard InChI is InChI=1S/C21H26BrN3O2/c22-18-7-2-3-8-19(18)27-14-6-9-21(26)24-16-17-10-11-20(23-15-17)25-12-4-1-5-13-25/h2-3,7-8,10-11,15H,1,4-6,9,12-14,16H2,(H,24,26). The topological polar surface area (TPSA) is 54.5 Å². The van der Waals surface area contributed by atoms with Crippen molar-refractivity contribution in [2.45, 2.75) is 38.6 Å². The molecule has 1 aromatic carbocycles. The van der Waals surface area contributed by atoms with Crippen LogP contribution in [0.2, 0.25) is 0 Å². The first-order valence-corrected chi connectivity index (χ1v) is 10.4. The van der Waals surface area contributed by atoms with Crippen molar-refractivity contribution in [1.82, 2.24) is 10.3 Å². The average Bonchev–Trinajstić information content (AvgIpc) is 2.72. The molecule has 1 aliphatic rings. The summed E-state index contributed by atoms with van der Waals surface area (Å²) in [5.74, 6) is 1.87. The SMILES string of the molecule is O=C(CCCOc1ccccc1Br)NCc1ccc(N2CCCCC2)nc1. The zero-order valence-corrected chi connectivity index (χ0v) is 17.1. The van der Waals surface area contributed by atoms with Crippen molar-refractivity contribution in [3.8, 4) is 5.75 Å². The number of carbonyl (C=O) groups is 1. The van der Waals surface area contributed by atoms with E-state index in [2.05, 4.69) is 37.2 Å². The molecule has 1 N–H and O–H groups in total. The highest BCUT2D eigenvalue weighted by Crippen LogP contribution is 2.23. The van der Waals surface area contributed by atoms with Gasteiger partial charge in [-0.1, -0.05) is 18.2 Å². The predicted octanol–water partition coefficient (Wildman–Crippen LogP) is 4.31. The van der Waals surface area contributed by atoms with Crippen LogP contribution in [0.25, 0.3) is 0 Å². The fourth-order valence-electron chi connectivity index (χ4n) is 3.10. The van der Waals surface area contributed by atoms with Gasteiger partial charge in [-0.3, -0.25) is 4.79 Å². The number of aromatic nitrogens is 1. The van der Waals surface area contributed by atoms with Crippen molar-refractivity contribution in [2.75, 3.05) is 24.6 Å². The number of amides is 1. The molecule has 2 heterocycles. The third-order valence-corrected chi connectivity index (χ3v) is 5.28. The van der Waals surface area contributed by atoms with E-state index in [1.54, 1.807) is 0 Å². The highest BCUT2D eigenvalue weighted by molar-refractivity contribution is 9.10. The number of halogens is 1. The summed E-state index contributed by atoms with van der Waals surface area (Å²) in [5, 5.41) is 2.95. The third kappa shape index (κ3) is 6.24. The van der Waals surface area contributed by atoms with Crippen LogP contribution in [0.1, 0.15) is 37.7 Å². The van der Waals surface area contributed by atoms with Gasteiger partial charge in [0, 0.05) is 32.3 Å². The van der Waals surface area contributed by atoms with E-state index in [0.29, 0.717) is 26.0 Å². The van der Waals surface area contributed by atoms with E-state index in [0.717, 1.165) is 34.7 Å². The number of anilines is 1. The lowest BCUT2D eigenvalue weighted by atomic mass is 10.1. The summed E-state index contributed by atoms with van der Waals surface area (Å²) in [7, 11) is 0. The Morgan fingerprint density at radius 1 is 1.15 bits per heavy atom. The number of ether oxygens (including phenoxy) is 1. The maximum Gasteiger partial charge on any atom is 0.220 e. The molecule has 1 aliphatic heterocycles. The Kier molecular flexibility index (Phi) is 7.51. The molecule has 3 rings (SSSR count). The summed E-state index contributed by atoms with van der Waals surface area (Å²) in [6.45, 7) is 3.20. The van der Waals surface area contributed by atoms with Crippen molar-refractivity contribution >= 4 is 27.7 Å². The molecule has 6 heteroatoms. The van der Waals surface area contributed by atoms with Crippen LogP contribution in [0.4, 0.5) is 5.82 Å². The van der Waals surface area contributed by atoms with Gasteiger partial charge < -0.3 is 15.0 Å². The molecule has 1 aromatic heterocycles. The summed E-state index contributed by atoms with van der Waals surface area (Å²) in [6, 6.07) is 11.8. The monoisotopic (exact) mass is 431 g/mol. The summed E-state index contributed by atoms with van der Waals surface area (Å²) >= 11 is 3.45. The maximum absolute atomic E-state index is 12.0. The quantitative estimate of drug-likeness (QED) is 0.632. The minimum Gasteiger partial charge on any atom is -0.492 e. The van der Waals surface area contributed by atoms with Gasteiger partial charge in [0.1, 0.15) is 11.6 Å². The van der Waals surface area contributed by atoms with Gasteiger partial charge in [0.05, 0.1) is 11.1 Å². The van der Waals surface area contributed by atoms with Gasteiger partial charge in [-0.2, -0.15) is 0 Å². The van der Waals surface area contributed by atoms with Gasteiger partial charge >= 0.3 is 0 Å². The van der Waals surface area contributed by atoms with Crippen molar-refractivity contribution in [3.05, 3.63) is 52.6 Å². The van der Waals surface area contributed by atoms with E-state index in [-0.39, 0.29) is 5.91 Å². The number of para-hydroxylation sites is 1. The second-order valence-corrected chi connectivity index (χ2v) is 7.59. The molecule has 0 atom stereocenters. The van der Waals surface area contributed by atoms with E-state index in [1.807, 2.05) is 36.5 Å². The van der Waals surface area contributed by atoms with Gasteiger partial charge in [0.15, 0.2) is 0 Å². The highest BCUT2D eigenvalue weighted by Gasteiger charge is 2.11. The minimum atomic E-state index is 0.0332. The molecule has 0 spiro atoms. The number of benzene rings is 1. The molecular formula is C21H26BrN3O2. The normalized spacial score (nSPS) is 14.0. The molecule has 1 fully saturated rings. The molecule has 0 radical (unpaired) electrons. The van der Waals surface area contributed by atoms with Crippen molar-refractivity contribution in [1.29, 1.82) is 0 Å². The molecule has 27 heavy (non-hydrogen) atoms. The molecular weight excluding hydrogens is 406 g/mol. The molecule has 1 amide bonds. The van der Waals surface area contributed by atoms with Crippen LogP contribution < -0.4 is 15.0 Å². The number of hydrogen-bond acceptors (Lipinski definition) is 4. The highest BCUT2D eigenvalue weighted by atomic mass is 79.9. The van der Waals surface area contributed by atoms with Gasteiger partial charge in [-0.25, -0.2) is 4.98 Å². The molecule has 0 saturated carbocycles. The third-order valence-electron chi connectivity index (χ3n) is 4.62. The van der Waals surface area contributed by atoms with E-state index in [9.17, 15) is 4.79 Å². The molecule has 5 nitrogen and oxygen atoms in total. The zero-order valence-electron chi connectivity index (χ0n) is 15.5. The van der Waals surface area contributed by atoms with Crippen molar-refractivity contribution in [3.63, 3.8) is 0 Å². The van der Waals surface area contributed by atoms with Gasteiger partial charge in [-0.15, -0.1) is 0 Å². The molecule has 2 aromatic rings. The largest absolute Gasteiger partial charge is 0.492 e. The van der Waals surface area contributed by atoms with E-state index >= 15 is 0 Å². The van der Waals surface area contributed by atoms with Gasteiger partial charge in [-0.05, 0) is 65.4 Å². The van der Waals surface area contributed by atoms with E-state index in [4.69, 9.17) is 4.74 Å². The number of nitrogens with one attached hydrogen (secondary N) is 1. The Labute approximate surface area is 169 Å². The lowest BCUT2D eigenvalue weighted by Crippen LogP contribution is -2.30. The Morgan fingerprint density at radius 3 is 2.70 bits per heavy atom. The summed E-state index contributed by atoms with van der Waals surface area (Å²) in [5.41, 5.74) is 1.02. The Bertz CT molecular complexity index is 730. The first-order valence-electron chi connectivity index (χ1n) is 9.56. The minimum absolute atomic E-state index is 0.0332. The smallest absolute Gasteiger partial charge is 0.220 e. The second kappa shape index (κ2) is 10.3. The molecule has 0 unspecified atom stereocenters. The maximum atomic E-state index is 12.0. The molecule has 0 bridgehead atoms. The number of hydrogen-bond donors (Lipinski definition) is 1. The number of carbonyl (C=O) groups excluding carboxylic acids is 1. The number of rotatable bonds is 8. The number of nitrogens with zero attached hydrogens (tertiary/aromatic N) is 2. The Hall–Kier alpha value is -2.08. The molecule has 144 valence electrons. The lowest BCUT2D eigenvalue weighted by molar-refractivity contribution is -0.121. The second-order valence-electron chi connectivity index (χ2n) is 6.73. The lowest BCUT2D eigenvalue weighted by Gasteiger charge is -2.27. The summed E-state index contributed by atoms with van der Waals surface area (Å²) in [4.78, 5) is 18.9. The molecule has 1 saturated heterocycles. The molecule has 0 aliphatic carbocycles. The Balaban J connectivity index is 1.34. The summed E-state index contributed by atoms with van der Waals surface area (Å²) < 4.78 is 6.61. The van der Waals surface area contributed by atoms with E-state index < -0.39 is 0 Å². The number of pyridine rings is 1. The predicted molar refractivity (Wildman–Crippen MR) is 111 cm³/mol. The fraction of sp³-hybridized carbons (Fsp3) is 0.429. The van der Waals surface area contributed by atoms with E-state index in [1.165, 1.54) is 19.3 Å². The fourth-order valence-corrected chi connectivity index (χ4v) is 3.50. The summed E-state index contributed by atoms with van der Waals surface area (Å²) in [6.07, 6.45) is 6.78. The first kappa shape index (κ1) is 19.7. The number of piperidine rings is 1.